The van der Waals surface area contributed by atoms with Crippen LogP contribution in [0.1, 0.15) is 22.6 Å². The molecule has 0 amide bonds. The monoisotopic (exact) mass is 277 g/mol. The molecule has 2 aromatic rings. The van der Waals surface area contributed by atoms with Gasteiger partial charge in [-0.05, 0) is 24.6 Å². The van der Waals surface area contributed by atoms with E-state index in [1.165, 1.54) is 12.1 Å². The van der Waals surface area contributed by atoms with Gasteiger partial charge in [-0.1, -0.05) is 6.07 Å². The molecule has 20 heavy (non-hydrogen) atoms. The summed E-state index contributed by atoms with van der Waals surface area (Å²) in [5, 5.41) is 3.14. The lowest BCUT2D eigenvalue weighted by molar-refractivity contribution is 0.572. The molecule has 2 heterocycles. The second kappa shape index (κ2) is 5.13. The molecule has 0 bridgehead atoms. The third kappa shape index (κ3) is 2.46. The van der Waals surface area contributed by atoms with Gasteiger partial charge < -0.3 is 10.3 Å². The summed E-state index contributed by atoms with van der Waals surface area (Å²) in [6.07, 6.45) is 0.775. The maximum atomic E-state index is 13.6. The van der Waals surface area contributed by atoms with Crippen molar-refractivity contribution in [1.29, 1.82) is 0 Å². The molecule has 3 rings (SSSR count). The maximum absolute atomic E-state index is 13.6. The molecule has 6 heteroatoms. The first-order valence-corrected chi connectivity index (χ1v) is 6.39. The highest BCUT2D eigenvalue weighted by atomic mass is 19.1. The minimum absolute atomic E-state index is 0.134. The molecule has 104 valence electrons. The summed E-state index contributed by atoms with van der Waals surface area (Å²) in [5.74, 6) is -0.867. The van der Waals surface area contributed by atoms with Gasteiger partial charge in [0.15, 0.2) is 0 Å². The van der Waals surface area contributed by atoms with Crippen LogP contribution in [0.15, 0.2) is 23.0 Å². The molecule has 0 saturated heterocycles. The van der Waals surface area contributed by atoms with E-state index in [0.29, 0.717) is 35.6 Å². The number of aromatic amines is 1. The molecule has 0 radical (unpaired) electrons. The standard InChI is InChI=1S/C14H13F2N3O/c15-9-2-1-8(11(16)6-9)5-13-18-12-7-17-4-3-10(12)14(20)19-13/h1-2,6,17H,3-5,7H2,(H,18,19,20). The van der Waals surface area contributed by atoms with E-state index in [2.05, 4.69) is 15.3 Å². The average molecular weight is 277 g/mol. The summed E-state index contributed by atoms with van der Waals surface area (Å²) in [6.45, 7) is 1.29. The average Bonchev–Trinajstić information content (AvgIpc) is 2.42. The summed E-state index contributed by atoms with van der Waals surface area (Å²) < 4.78 is 26.5. The van der Waals surface area contributed by atoms with E-state index in [-0.39, 0.29) is 12.0 Å². The summed E-state index contributed by atoms with van der Waals surface area (Å²) in [7, 11) is 0. The number of rotatable bonds is 2. The number of benzene rings is 1. The van der Waals surface area contributed by atoms with E-state index in [1.807, 2.05) is 0 Å². The van der Waals surface area contributed by atoms with Gasteiger partial charge in [-0.15, -0.1) is 0 Å². The van der Waals surface area contributed by atoms with Gasteiger partial charge in [0, 0.05) is 24.6 Å². The van der Waals surface area contributed by atoms with E-state index in [0.717, 1.165) is 12.6 Å². The molecule has 0 unspecified atom stereocenters. The van der Waals surface area contributed by atoms with Crippen molar-refractivity contribution in [2.75, 3.05) is 6.54 Å². The smallest absolute Gasteiger partial charge is 0.254 e. The van der Waals surface area contributed by atoms with Gasteiger partial charge >= 0.3 is 0 Å². The molecular weight excluding hydrogens is 264 g/mol. The molecule has 2 N–H and O–H groups in total. The molecule has 0 atom stereocenters. The first-order chi connectivity index (χ1) is 9.63. The molecule has 0 aliphatic carbocycles. The maximum Gasteiger partial charge on any atom is 0.254 e. The van der Waals surface area contributed by atoms with Crippen molar-refractivity contribution in [1.82, 2.24) is 15.3 Å². The summed E-state index contributed by atoms with van der Waals surface area (Å²) in [5.41, 5.74) is 1.52. The van der Waals surface area contributed by atoms with E-state index < -0.39 is 11.6 Å². The van der Waals surface area contributed by atoms with Crippen molar-refractivity contribution in [3.8, 4) is 0 Å². The van der Waals surface area contributed by atoms with Crippen molar-refractivity contribution in [3.05, 3.63) is 62.8 Å². The largest absolute Gasteiger partial charge is 0.311 e. The Morgan fingerprint density at radius 2 is 2.15 bits per heavy atom. The molecule has 0 spiro atoms. The number of hydrogen-bond donors (Lipinski definition) is 2. The Labute approximate surface area is 113 Å². The Morgan fingerprint density at radius 1 is 1.30 bits per heavy atom. The van der Waals surface area contributed by atoms with Crippen LogP contribution in [-0.2, 0) is 19.4 Å². The minimum atomic E-state index is -0.636. The van der Waals surface area contributed by atoms with Crippen LogP contribution in [0.2, 0.25) is 0 Å². The summed E-state index contributed by atoms with van der Waals surface area (Å²) in [6, 6.07) is 3.38. The zero-order valence-corrected chi connectivity index (χ0v) is 10.7. The molecule has 1 aliphatic rings. The van der Waals surface area contributed by atoms with E-state index in [4.69, 9.17) is 0 Å². The van der Waals surface area contributed by atoms with Gasteiger partial charge in [-0.3, -0.25) is 4.79 Å². The molecule has 1 aromatic carbocycles. The molecule has 4 nitrogen and oxygen atoms in total. The van der Waals surface area contributed by atoms with Crippen molar-refractivity contribution < 1.29 is 8.78 Å². The van der Waals surface area contributed by atoms with Crippen LogP contribution in [-0.4, -0.2) is 16.5 Å². The minimum Gasteiger partial charge on any atom is -0.311 e. The van der Waals surface area contributed by atoms with Crippen LogP contribution in [0.5, 0.6) is 0 Å². The van der Waals surface area contributed by atoms with E-state index >= 15 is 0 Å². The Hall–Kier alpha value is -2.08. The SMILES string of the molecule is O=c1[nH]c(Cc2ccc(F)cc2F)nc2c1CCNC2. The lowest BCUT2D eigenvalue weighted by atomic mass is 10.1. The molecule has 1 aromatic heterocycles. The van der Waals surface area contributed by atoms with Crippen LogP contribution in [0, 0.1) is 11.6 Å². The van der Waals surface area contributed by atoms with Crippen LogP contribution >= 0.6 is 0 Å². The van der Waals surface area contributed by atoms with Crippen molar-refractivity contribution in [2.24, 2.45) is 0 Å². The van der Waals surface area contributed by atoms with Gasteiger partial charge in [0.05, 0.1) is 5.69 Å². The number of nitrogens with zero attached hydrogens (tertiary/aromatic N) is 1. The highest BCUT2D eigenvalue weighted by Crippen LogP contribution is 2.13. The van der Waals surface area contributed by atoms with Gasteiger partial charge in [0.2, 0.25) is 0 Å². The zero-order valence-electron chi connectivity index (χ0n) is 10.7. The summed E-state index contributed by atoms with van der Waals surface area (Å²) >= 11 is 0. The number of hydrogen-bond acceptors (Lipinski definition) is 3. The fourth-order valence-electron chi connectivity index (χ4n) is 2.35. The Balaban J connectivity index is 1.95. The highest BCUT2D eigenvalue weighted by Gasteiger charge is 2.15. The van der Waals surface area contributed by atoms with Gasteiger partial charge in [0.25, 0.3) is 5.56 Å². The van der Waals surface area contributed by atoms with Crippen molar-refractivity contribution in [2.45, 2.75) is 19.4 Å². The first kappa shape index (κ1) is 12.9. The first-order valence-electron chi connectivity index (χ1n) is 6.39. The molecule has 0 saturated carbocycles. The van der Waals surface area contributed by atoms with E-state index in [9.17, 15) is 13.6 Å². The van der Waals surface area contributed by atoms with Gasteiger partial charge in [-0.25, -0.2) is 13.8 Å². The fraction of sp³-hybridized carbons (Fsp3) is 0.286. The number of nitrogens with one attached hydrogen (secondary N) is 2. The Morgan fingerprint density at radius 3 is 2.95 bits per heavy atom. The molecule has 1 aliphatic heterocycles. The van der Waals surface area contributed by atoms with Crippen LogP contribution in [0.4, 0.5) is 8.78 Å². The fourth-order valence-corrected chi connectivity index (χ4v) is 2.35. The quantitative estimate of drug-likeness (QED) is 0.869. The second-order valence-corrected chi connectivity index (χ2v) is 4.78. The van der Waals surface area contributed by atoms with Crippen LogP contribution in [0.3, 0.4) is 0 Å². The normalized spacial score (nSPS) is 14.1. The van der Waals surface area contributed by atoms with Crippen LogP contribution in [0.25, 0.3) is 0 Å². The third-order valence-electron chi connectivity index (χ3n) is 3.37. The predicted molar refractivity (Wildman–Crippen MR) is 69.4 cm³/mol. The highest BCUT2D eigenvalue weighted by molar-refractivity contribution is 5.25. The zero-order chi connectivity index (χ0) is 14.1. The second-order valence-electron chi connectivity index (χ2n) is 4.78. The third-order valence-corrected chi connectivity index (χ3v) is 3.37. The molecular formula is C14H13F2N3O. The van der Waals surface area contributed by atoms with E-state index in [1.54, 1.807) is 0 Å². The number of H-pyrrole nitrogens is 1. The number of fused-ring (bicyclic) bond motifs is 1. The number of halogens is 2. The summed E-state index contributed by atoms with van der Waals surface area (Å²) in [4.78, 5) is 19.0. The topological polar surface area (TPSA) is 57.8 Å². The molecule has 0 fully saturated rings. The lowest BCUT2D eigenvalue weighted by Crippen LogP contribution is -2.32. The van der Waals surface area contributed by atoms with Crippen molar-refractivity contribution >= 4 is 0 Å². The van der Waals surface area contributed by atoms with Crippen LogP contribution < -0.4 is 10.9 Å². The number of aromatic nitrogens is 2. The Kier molecular flexibility index (Phi) is 3.31. The van der Waals surface area contributed by atoms with Crippen molar-refractivity contribution in [3.63, 3.8) is 0 Å². The predicted octanol–water partition coefficient (Wildman–Crippen LogP) is 1.28. The van der Waals surface area contributed by atoms with Gasteiger partial charge in [0.1, 0.15) is 17.5 Å². The lowest BCUT2D eigenvalue weighted by Gasteiger charge is -2.16. The Bertz CT molecular complexity index is 712. The van der Waals surface area contributed by atoms with Gasteiger partial charge in [-0.2, -0.15) is 0 Å².